The summed E-state index contributed by atoms with van der Waals surface area (Å²) in [5, 5.41) is 6.80. The number of amides is 2. The molecule has 1 fully saturated rings. The van der Waals surface area contributed by atoms with E-state index in [0.29, 0.717) is 18.7 Å². The second-order valence-corrected chi connectivity index (χ2v) is 6.13. The van der Waals surface area contributed by atoms with Crippen molar-refractivity contribution in [1.82, 2.24) is 15.4 Å². The van der Waals surface area contributed by atoms with Gasteiger partial charge in [0.25, 0.3) is 0 Å². The van der Waals surface area contributed by atoms with Gasteiger partial charge in [0.05, 0.1) is 12.2 Å². The number of hydrogen-bond donors (Lipinski definition) is 1. The Kier molecular flexibility index (Phi) is 4.68. The van der Waals surface area contributed by atoms with Crippen molar-refractivity contribution in [2.24, 2.45) is 0 Å². The molecule has 0 bridgehead atoms. The third-order valence-electron chi connectivity index (χ3n) is 4.16. The Bertz CT molecular complexity index is 579. The van der Waals surface area contributed by atoms with E-state index in [1.807, 2.05) is 19.9 Å². The minimum Gasteiger partial charge on any atom is -0.359 e. The zero-order valence-electron chi connectivity index (χ0n) is 13.4. The van der Waals surface area contributed by atoms with Gasteiger partial charge >= 0.3 is 0 Å². The lowest BCUT2D eigenvalue weighted by molar-refractivity contribution is -0.141. The Hall–Kier alpha value is -2.11. The maximum atomic E-state index is 12.5. The maximum absolute atomic E-state index is 12.5. The number of aromatic nitrogens is 1. The second-order valence-electron chi connectivity index (χ2n) is 6.13. The minimum atomic E-state index is -0.827. The first-order chi connectivity index (χ1) is 10.4. The summed E-state index contributed by atoms with van der Waals surface area (Å²) >= 11 is 0. The van der Waals surface area contributed by atoms with Gasteiger partial charge in [-0.3, -0.25) is 9.59 Å². The van der Waals surface area contributed by atoms with Crippen LogP contribution in [0.4, 0.5) is 0 Å². The molecule has 1 saturated heterocycles. The van der Waals surface area contributed by atoms with Gasteiger partial charge in [0.1, 0.15) is 5.54 Å². The van der Waals surface area contributed by atoms with Gasteiger partial charge in [0, 0.05) is 12.6 Å². The lowest BCUT2D eigenvalue weighted by Gasteiger charge is -2.33. The molecule has 1 atom stereocenters. The fraction of sp³-hybridized carbons (Fsp3) is 0.562. The van der Waals surface area contributed by atoms with Crippen LogP contribution in [0.1, 0.15) is 51.0 Å². The van der Waals surface area contributed by atoms with Crippen LogP contribution < -0.4 is 5.32 Å². The Morgan fingerprint density at radius 2 is 2.32 bits per heavy atom. The summed E-state index contributed by atoms with van der Waals surface area (Å²) in [5.74, 6) is 0.501. The van der Waals surface area contributed by atoms with Gasteiger partial charge in [-0.15, -0.1) is 0 Å². The molecule has 0 spiro atoms. The van der Waals surface area contributed by atoms with Gasteiger partial charge in [-0.1, -0.05) is 25.6 Å². The Labute approximate surface area is 130 Å². The summed E-state index contributed by atoms with van der Waals surface area (Å²) in [4.78, 5) is 26.0. The summed E-state index contributed by atoms with van der Waals surface area (Å²) in [7, 11) is 0. The van der Waals surface area contributed by atoms with Gasteiger partial charge in [-0.05, 0) is 31.8 Å². The molecule has 0 radical (unpaired) electrons. The number of nitrogens with zero attached hydrogens (tertiary/aromatic N) is 2. The van der Waals surface area contributed by atoms with E-state index < -0.39 is 5.54 Å². The van der Waals surface area contributed by atoms with Crippen molar-refractivity contribution in [2.45, 2.75) is 51.6 Å². The number of rotatable bonds is 5. The Balaban J connectivity index is 2.01. The fourth-order valence-electron chi connectivity index (χ4n) is 2.70. The zero-order chi connectivity index (χ0) is 16.3. The molecule has 22 heavy (non-hydrogen) atoms. The van der Waals surface area contributed by atoms with E-state index in [1.165, 1.54) is 6.08 Å². The number of hydrogen-bond acceptors (Lipinski definition) is 4. The van der Waals surface area contributed by atoms with Crippen molar-refractivity contribution < 1.29 is 14.1 Å². The van der Waals surface area contributed by atoms with E-state index in [1.54, 1.807) is 11.8 Å². The molecule has 1 aliphatic rings. The molecule has 2 amide bonds. The van der Waals surface area contributed by atoms with Crippen molar-refractivity contribution in [1.29, 1.82) is 0 Å². The Morgan fingerprint density at radius 1 is 1.59 bits per heavy atom. The van der Waals surface area contributed by atoms with E-state index in [4.69, 9.17) is 4.52 Å². The number of nitrogens with one attached hydrogen (secondary N) is 1. The second kappa shape index (κ2) is 6.34. The van der Waals surface area contributed by atoms with Crippen LogP contribution in [0.25, 0.3) is 0 Å². The van der Waals surface area contributed by atoms with Crippen LogP contribution in [-0.2, 0) is 16.1 Å². The lowest BCUT2D eigenvalue weighted by Crippen LogP contribution is -2.54. The summed E-state index contributed by atoms with van der Waals surface area (Å²) in [5.41, 5.74) is 0.0337. The molecule has 0 aromatic carbocycles. The number of carbonyl (C=O) groups excluding carboxylic acids is 2. The van der Waals surface area contributed by atoms with E-state index in [-0.39, 0.29) is 24.3 Å². The molecule has 1 aliphatic heterocycles. The van der Waals surface area contributed by atoms with Crippen LogP contribution in [0.15, 0.2) is 23.2 Å². The molecule has 6 heteroatoms. The average molecular weight is 305 g/mol. The smallest absolute Gasteiger partial charge is 0.246 e. The third kappa shape index (κ3) is 3.05. The standard InChI is InChI=1S/C16H23N3O3/c1-5-14(20)19-8-6-7-16(19,4)15(21)17-10-12-9-13(11(2)3)18-22-12/h5,9,11H,1,6-8,10H2,2-4H3,(H,17,21). The quantitative estimate of drug-likeness (QED) is 0.844. The van der Waals surface area contributed by atoms with E-state index in [2.05, 4.69) is 17.1 Å². The first-order valence-electron chi connectivity index (χ1n) is 7.56. The summed E-state index contributed by atoms with van der Waals surface area (Å²) in [6.07, 6.45) is 2.71. The van der Waals surface area contributed by atoms with Crippen LogP contribution in [0, 0.1) is 0 Å². The van der Waals surface area contributed by atoms with E-state index in [9.17, 15) is 9.59 Å². The number of likely N-dealkylation sites (tertiary alicyclic amines) is 1. The van der Waals surface area contributed by atoms with E-state index >= 15 is 0 Å². The topological polar surface area (TPSA) is 75.4 Å². The first-order valence-corrected chi connectivity index (χ1v) is 7.56. The molecule has 1 aromatic heterocycles. The van der Waals surface area contributed by atoms with Crippen molar-refractivity contribution in [2.75, 3.05) is 6.54 Å². The molecular weight excluding hydrogens is 282 g/mol. The van der Waals surface area contributed by atoms with Crippen LogP contribution in [0.3, 0.4) is 0 Å². The molecule has 120 valence electrons. The highest BCUT2D eigenvalue weighted by molar-refractivity contribution is 5.95. The van der Waals surface area contributed by atoms with Crippen molar-refractivity contribution in [3.8, 4) is 0 Å². The molecule has 2 heterocycles. The van der Waals surface area contributed by atoms with Gasteiger partial charge in [0.2, 0.25) is 11.8 Å². The van der Waals surface area contributed by atoms with Gasteiger partial charge < -0.3 is 14.7 Å². The normalized spacial score (nSPS) is 21.2. The molecule has 6 nitrogen and oxygen atoms in total. The van der Waals surface area contributed by atoms with Gasteiger partial charge in [-0.2, -0.15) is 0 Å². The molecular formula is C16H23N3O3. The first kappa shape index (κ1) is 16.3. The van der Waals surface area contributed by atoms with Crippen LogP contribution in [0.2, 0.25) is 0 Å². The Morgan fingerprint density at radius 3 is 2.91 bits per heavy atom. The van der Waals surface area contributed by atoms with Gasteiger partial charge in [-0.25, -0.2) is 0 Å². The number of carbonyl (C=O) groups is 2. The molecule has 0 aliphatic carbocycles. The third-order valence-corrected chi connectivity index (χ3v) is 4.16. The largest absolute Gasteiger partial charge is 0.359 e. The molecule has 1 unspecified atom stereocenters. The van der Waals surface area contributed by atoms with Crippen molar-refractivity contribution in [3.05, 3.63) is 30.2 Å². The average Bonchev–Trinajstić information content (AvgIpc) is 3.11. The van der Waals surface area contributed by atoms with Crippen LogP contribution >= 0.6 is 0 Å². The minimum absolute atomic E-state index is 0.178. The summed E-state index contributed by atoms with van der Waals surface area (Å²) in [6.45, 7) is 10.2. The molecule has 2 rings (SSSR count). The molecule has 0 saturated carbocycles. The molecule has 1 aromatic rings. The summed E-state index contributed by atoms with van der Waals surface area (Å²) < 4.78 is 5.21. The highest BCUT2D eigenvalue weighted by Crippen LogP contribution is 2.29. The highest BCUT2D eigenvalue weighted by atomic mass is 16.5. The van der Waals surface area contributed by atoms with E-state index in [0.717, 1.165) is 12.1 Å². The predicted octanol–water partition coefficient (Wildman–Crippen LogP) is 1.98. The zero-order valence-corrected chi connectivity index (χ0v) is 13.4. The van der Waals surface area contributed by atoms with Crippen LogP contribution in [-0.4, -0.2) is 34.0 Å². The van der Waals surface area contributed by atoms with Crippen LogP contribution in [0.5, 0.6) is 0 Å². The van der Waals surface area contributed by atoms with Gasteiger partial charge in [0.15, 0.2) is 5.76 Å². The summed E-state index contributed by atoms with van der Waals surface area (Å²) in [6, 6.07) is 1.84. The maximum Gasteiger partial charge on any atom is 0.246 e. The van der Waals surface area contributed by atoms with Crippen molar-refractivity contribution in [3.63, 3.8) is 0 Å². The lowest BCUT2D eigenvalue weighted by atomic mass is 9.97. The fourth-order valence-corrected chi connectivity index (χ4v) is 2.70. The SMILES string of the molecule is C=CC(=O)N1CCCC1(C)C(=O)NCc1cc(C(C)C)no1. The molecule has 1 N–H and O–H groups in total. The highest BCUT2D eigenvalue weighted by Gasteiger charge is 2.44. The van der Waals surface area contributed by atoms with Crippen molar-refractivity contribution >= 4 is 11.8 Å². The predicted molar refractivity (Wildman–Crippen MR) is 82.0 cm³/mol. The monoisotopic (exact) mass is 305 g/mol.